The van der Waals surface area contributed by atoms with Crippen LogP contribution in [0.15, 0.2) is 48.0 Å². The van der Waals surface area contributed by atoms with E-state index < -0.39 is 0 Å². The van der Waals surface area contributed by atoms with Crippen LogP contribution in [-0.4, -0.2) is 11.3 Å². The van der Waals surface area contributed by atoms with Crippen molar-refractivity contribution in [3.05, 3.63) is 65.2 Å². The molecule has 2 rings (SSSR count). The van der Waals surface area contributed by atoms with E-state index in [1.807, 2.05) is 31.2 Å². The summed E-state index contributed by atoms with van der Waals surface area (Å²) in [4.78, 5) is 4.76. The maximum atomic E-state index is 10.7. The first-order chi connectivity index (χ1) is 11.6. The lowest BCUT2D eigenvalue weighted by molar-refractivity contribution is 0.446. The Kier molecular flexibility index (Phi) is 5.52. The number of para-hydroxylation sites is 2. The monoisotopic (exact) mass is 335 g/mol. The Morgan fingerprint density at radius 1 is 1.12 bits per heavy atom. The maximum Gasteiger partial charge on any atom is 0.128 e. The summed E-state index contributed by atoms with van der Waals surface area (Å²) in [6, 6.07) is 12.0. The highest BCUT2D eigenvalue weighted by Gasteiger charge is 2.19. The molecule has 0 saturated carbocycles. The minimum Gasteiger partial charge on any atom is -0.507 e. The number of phenols is 1. The van der Waals surface area contributed by atoms with E-state index in [4.69, 9.17) is 4.99 Å². The second-order valence-corrected chi connectivity index (χ2v) is 7.93. The van der Waals surface area contributed by atoms with E-state index in [0.29, 0.717) is 11.7 Å². The average molecular weight is 335 g/mol. The van der Waals surface area contributed by atoms with Gasteiger partial charge in [0.1, 0.15) is 5.75 Å². The smallest absolute Gasteiger partial charge is 0.128 e. The first-order valence-corrected chi connectivity index (χ1v) is 8.78. The number of rotatable bonds is 4. The highest BCUT2D eigenvalue weighted by molar-refractivity contribution is 5.88. The SMILES string of the molecule is C=C(C)c1cccc(C(C)C)c1N=Cc1cccc(C(C)(C)C)c1O. The van der Waals surface area contributed by atoms with E-state index in [9.17, 15) is 5.11 Å². The van der Waals surface area contributed by atoms with Crippen molar-refractivity contribution in [3.63, 3.8) is 0 Å². The molecular formula is C23H29NO. The highest BCUT2D eigenvalue weighted by atomic mass is 16.3. The third-order valence-electron chi connectivity index (χ3n) is 4.36. The molecule has 132 valence electrons. The second kappa shape index (κ2) is 7.26. The van der Waals surface area contributed by atoms with E-state index in [1.54, 1.807) is 6.21 Å². The number of phenolic OH excluding ortho intramolecular Hbond substituents is 1. The topological polar surface area (TPSA) is 32.6 Å². The highest BCUT2D eigenvalue weighted by Crippen LogP contribution is 2.35. The van der Waals surface area contributed by atoms with Crippen molar-refractivity contribution in [3.8, 4) is 5.75 Å². The molecule has 0 unspecified atom stereocenters. The fourth-order valence-corrected chi connectivity index (χ4v) is 2.92. The zero-order chi connectivity index (χ0) is 18.8. The molecule has 25 heavy (non-hydrogen) atoms. The fourth-order valence-electron chi connectivity index (χ4n) is 2.92. The maximum absolute atomic E-state index is 10.7. The Morgan fingerprint density at radius 3 is 2.32 bits per heavy atom. The second-order valence-electron chi connectivity index (χ2n) is 7.93. The van der Waals surface area contributed by atoms with Crippen LogP contribution in [-0.2, 0) is 5.41 Å². The summed E-state index contributed by atoms with van der Waals surface area (Å²) in [5, 5.41) is 10.7. The van der Waals surface area contributed by atoms with Gasteiger partial charge >= 0.3 is 0 Å². The van der Waals surface area contributed by atoms with Crippen LogP contribution in [0.5, 0.6) is 5.75 Å². The van der Waals surface area contributed by atoms with Crippen molar-refractivity contribution in [1.29, 1.82) is 0 Å². The Hall–Kier alpha value is -2.35. The van der Waals surface area contributed by atoms with Gasteiger partial charge in [-0.15, -0.1) is 0 Å². The van der Waals surface area contributed by atoms with Crippen molar-refractivity contribution in [2.24, 2.45) is 4.99 Å². The molecule has 0 atom stereocenters. The summed E-state index contributed by atoms with van der Waals surface area (Å²) < 4.78 is 0. The quantitative estimate of drug-likeness (QED) is 0.627. The van der Waals surface area contributed by atoms with Crippen molar-refractivity contribution in [2.45, 2.75) is 52.9 Å². The van der Waals surface area contributed by atoms with Crippen molar-refractivity contribution in [1.82, 2.24) is 0 Å². The number of hydrogen-bond donors (Lipinski definition) is 1. The molecule has 2 aromatic carbocycles. The minimum absolute atomic E-state index is 0.118. The molecule has 2 aromatic rings. The van der Waals surface area contributed by atoms with Crippen LogP contribution in [0.2, 0.25) is 0 Å². The molecule has 0 radical (unpaired) electrons. The van der Waals surface area contributed by atoms with Gasteiger partial charge in [0.2, 0.25) is 0 Å². The lowest BCUT2D eigenvalue weighted by atomic mass is 9.85. The third-order valence-corrected chi connectivity index (χ3v) is 4.36. The molecule has 0 aliphatic heterocycles. The van der Waals surface area contributed by atoms with Gasteiger partial charge in [-0.25, -0.2) is 0 Å². The molecular weight excluding hydrogens is 306 g/mol. The van der Waals surface area contributed by atoms with Crippen LogP contribution in [0, 0.1) is 0 Å². The van der Waals surface area contributed by atoms with Gasteiger partial charge in [0.25, 0.3) is 0 Å². The van der Waals surface area contributed by atoms with Gasteiger partial charge in [-0.3, -0.25) is 4.99 Å². The average Bonchev–Trinajstić information content (AvgIpc) is 2.52. The van der Waals surface area contributed by atoms with E-state index in [2.05, 4.69) is 53.3 Å². The van der Waals surface area contributed by atoms with Crippen LogP contribution < -0.4 is 0 Å². The van der Waals surface area contributed by atoms with Gasteiger partial charge in [-0.05, 0) is 41.0 Å². The summed E-state index contributed by atoms with van der Waals surface area (Å²) in [7, 11) is 0. The molecule has 0 heterocycles. The summed E-state index contributed by atoms with van der Waals surface area (Å²) in [6.45, 7) is 16.7. The lowest BCUT2D eigenvalue weighted by Crippen LogP contribution is -2.11. The van der Waals surface area contributed by atoms with E-state index in [-0.39, 0.29) is 5.41 Å². The zero-order valence-corrected chi connectivity index (χ0v) is 16.2. The number of benzene rings is 2. The molecule has 0 aliphatic rings. The predicted molar refractivity (Wildman–Crippen MR) is 109 cm³/mol. The van der Waals surface area contributed by atoms with Crippen LogP contribution in [0.25, 0.3) is 5.57 Å². The number of allylic oxidation sites excluding steroid dienone is 1. The molecule has 0 amide bonds. The summed E-state index contributed by atoms with van der Waals surface area (Å²) >= 11 is 0. The summed E-state index contributed by atoms with van der Waals surface area (Å²) in [6.07, 6.45) is 1.76. The molecule has 0 spiro atoms. The van der Waals surface area contributed by atoms with E-state index in [1.165, 1.54) is 5.56 Å². The molecule has 0 aliphatic carbocycles. The Labute approximate surface area is 152 Å². The predicted octanol–water partition coefficient (Wildman–Crippen LogP) is 6.60. The molecule has 2 nitrogen and oxygen atoms in total. The van der Waals surface area contributed by atoms with Crippen LogP contribution >= 0.6 is 0 Å². The third kappa shape index (κ3) is 4.19. The Balaban J connectivity index is 2.56. The van der Waals surface area contributed by atoms with E-state index in [0.717, 1.165) is 28.0 Å². The van der Waals surface area contributed by atoms with Gasteiger partial charge in [0.15, 0.2) is 0 Å². The Morgan fingerprint density at radius 2 is 1.76 bits per heavy atom. The molecule has 0 aromatic heterocycles. The number of nitrogens with zero attached hydrogens (tertiary/aromatic N) is 1. The fraction of sp³-hybridized carbons (Fsp3) is 0.348. The van der Waals surface area contributed by atoms with Gasteiger partial charge in [0, 0.05) is 17.3 Å². The molecule has 0 bridgehead atoms. The van der Waals surface area contributed by atoms with Crippen LogP contribution in [0.1, 0.15) is 69.7 Å². The normalized spacial score (nSPS) is 12.1. The minimum atomic E-state index is -0.118. The number of aliphatic imine (C=N–C) groups is 1. The van der Waals surface area contributed by atoms with Crippen molar-refractivity contribution in [2.75, 3.05) is 0 Å². The van der Waals surface area contributed by atoms with E-state index >= 15 is 0 Å². The zero-order valence-electron chi connectivity index (χ0n) is 16.2. The van der Waals surface area contributed by atoms with Crippen LogP contribution in [0.4, 0.5) is 5.69 Å². The molecule has 0 saturated heterocycles. The molecule has 2 heteroatoms. The number of aromatic hydroxyl groups is 1. The molecule has 0 fully saturated rings. The van der Waals surface area contributed by atoms with Crippen molar-refractivity contribution >= 4 is 17.5 Å². The lowest BCUT2D eigenvalue weighted by Gasteiger charge is -2.21. The van der Waals surface area contributed by atoms with Gasteiger partial charge in [0.05, 0.1) is 5.69 Å². The largest absolute Gasteiger partial charge is 0.507 e. The Bertz CT molecular complexity index is 807. The van der Waals surface area contributed by atoms with Crippen molar-refractivity contribution < 1.29 is 5.11 Å². The van der Waals surface area contributed by atoms with Crippen LogP contribution in [0.3, 0.4) is 0 Å². The number of hydrogen-bond acceptors (Lipinski definition) is 2. The summed E-state index contributed by atoms with van der Waals surface area (Å²) in [5.74, 6) is 0.665. The summed E-state index contributed by atoms with van der Waals surface area (Å²) in [5.41, 5.74) is 5.70. The first-order valence-electron chi connectivity index (χ1n) is 8.78. The van der Waals surface area contributed by atoms with Gasteiger partial charge < -0.3 is 5.11 Å². The first kappa shape index (κ1) is 19.0. The standard InChI is InChI=1S/C23H29NO/c1-15(2)18-11-9-12-19(16(3)4)21(18)24-14-17-10-8-13-20(22(17)25)23(5,6)7/h8-14,16,25H,1H2,2-7H3. The van der Waals surface area contributed by atoms with Gasteiger partial charge in [-0.1, -0.05) is 71.5 Å². The molecule has 1 N–H and O–H groups in total. The van der Waals surface area contributed by atoms with Gasteiger partial charge in [-0.2, -0.15) is 0 Å².